The Hall–Kier alpha value is -3.42. The monoisotopic (exact) mass is 417 g/mol. The van der Waals surface area contributed by atoms with E-state index in [1.54, 1.807) is 0 Å². The number of carbonyl (C=O) groups is 5. The van der Waals surface area contributed by atoms with Crippen LogP contribution in [0.5, 0.6) is 0 Å². The molecule has 0 saturated carbocycles. The van der Waals surface area contributed by atoms with Crippen LogP contribution in [0.1, 0.15) is 26.2 Å². The number of rotatable bonds is 13. The summed E-state index contributed by atoms with van der Waals surface area (Å²) in [5, 5.41) is 23.9. The molecule has 0 heterocycles. The molecule has 0 spiro atoms. The lowest BCUT2D eigenvalue weighted by atomic mass is 10.1. The van der Waals surface area contributed by atoms with E-state index in [4.69, 9.17) is 27.4 Å². The average Bonchev–Trinajstić information content (AvgIpc) is 2.61. The third-order valence-corrected chi connectivity index (χ3v) is 3.48. The SMILES string of the molecule is C[C@H](NC(=O)[C@@H](N)CCCN=C(N)N)C(=O)N[C@@H](CC(=O)O)C(=O)NCC(=O)O. The van der Waals surface area contributed by atoms with Crippen LogP contribution in [-0.4, -0.2) is 77.0 Å². The van der Waals surface area contributed by atoms with Crippen LogP contribution in [0.15, 0.2) is 4.99 Å². The van der Waals surface area contributed by atoms with Gasteiger partial charge in [-0.1, -0.05) is 0 Å². The van der Waals surface area contributed by atoms with E-state index in [2.05, 4.69) is 15.6 Å². The van der Waals surface area contributed by atoms with Crippen molar-refractivity contribution in [3.05, 3.63) is 0 Å². The molecule has 0 aromatic heterocycles. The van der Waals surface area contributed by atoms with Crippen LogP contribution in [0, 0.1) is 0 Å². The highest BCUT2D eigenvalue weighted by Gasteiger charge is 2.27. The summed E-state index contributed by atoms with van der Waals surface area (Å²) in [6.45, 7) is 0.847. The number of carboxylic acid groups (broad SMARTS) is 2. The first-order valence-corrected chi connectivity index (χ1v) is 8.57. The first-order chi connectivity index (χ1) is 13.4. The second-order valence-electron chi connectivity index (χ2n) is 6.06. The predicted molar refractivity (Wildman–Crippen MR) is 100 cm³/mol. The van der Waals surface area contributed by atoms with Crippen molar-refractivity contribution < 1.29 is 34.2 Å². The predicted octanol–water partition coefficient (Wildman–Crippen LogP) is -3.97. The van der Waals surface area contributed by atoms with Crippen molar-refractivity contribution in [3.63, 3.8) is 0 Å². The molecule has 0 rings (SSSR count). The van der Waals surface area contributed by atoms with Gasteiger partial charge in [-0.25, -0.2) is 0 Å². The van der Waals surface area contributed by atoms with E-state index in [0.29, 0.717) is 6.42 Å². The minimum absolute atomic E-state index is 0.0865. The highest BCUT2D eigenvalue weighted by Crippen LogP contribution is 1.98. The Morgan fingerprint density at radius 2 is 1.59 bits per heavy atom. The maximum Gasteiger partial charge on any atom is 0.322 e. The molecule has 0 unspecified atom stereocenters. The van der Waals surface area contributed by atoms with Crippen LogP contribution < -0.4 is 33.2 Å². The van der Waals surface area contributed by atoms with Gasteiger partial charge in [0.15, 0.2) is 5.96 Å². The number of guanidine groups is 1. The third kappa shape index (κ3) is 11.8. The van der Waals surface area contributed by atoms with E-state index < -0.39 is 60.8 Å². The Bertz CT molecular complexity index is 649. The highest BCUT2D eigenvalue weighted by molar-refractivity contribution is 5.94. The summed E-state index contributed by atoms with van der Waals surface area (Å²) in [6, 6.07) is -3.59. The van der Waals surface area contributed by atoms with Gasteiger partial charge in [0.05, 0.1) is 12.5 Å². The van der Waals surface area contributed by atoms with Crippen molar-refractivity contribution in [2.24, 2.45) is 22.2 Å². The van der Waals surface area contributed by atoms with Gasteiger partial charge in [0, 0.05) is 6.54 Å². The van der Waals surface area contributed by atoms with E-state index in [0.717, 1.165) is 0 Å². The quantitative estimate of drug-likeness (QED) is 0.0819. The molecule has 3 atom stereocenters. The lowest BCUT2D eigenvalue weighted by Gasteiger charge is -2.21. The normalized spacial score (nSPS) is 13.3. The molecule has 0 aliphatic carbocycles. The fourth-order valence-corrected chi connectivity index (χ4v) is 2.00. The van der Waals surface area contributed by atoms with Crippen LogP contribution in [0.2, 0.25) is 0 Å². The number of aliphatic imine (C=N–C) groups is 1. The molecule has 0 saturated heterocycles. The zero-order valence-corrected chi connectivity index (χ0v) is 15.9. The van der Waals surface area contributed by atoms with E-state index in [1.807, 2.05) is 5.32 Å². The number of nitrogens with zero attached hydrogens (tertiary/aromatic N) is 1. The lowest BCUT2D eigenvalue weighted by molar-refractivity contribution is -0.141. The number of hydrogen-bond acceptors (Lipinski definition) is 7. The van der Waals surface area contributed by atoms with Gasteiger partial charge in [-0.05, 0) is 19.8 Å². The molecule has 0 radical (unpaired) electrons. The van der Waals surface area contributed by atoms with Crippen molar-refractivity contribution in [2.75, 3.05) is 13.1 Å². The average molecular weight is 417 g/mol. The number of amides is 3. The molecule has 0 aliphatic heterocycles. The van der Waals surface area contributed by atoms with Gasteiger partial charge < -0.3 is 43.4 Å². The van der Waals surface area contributed by atoms with Gasteiger partial charge in [0.1, 0.15) is 18.6 Å². The maximum atomic E-state index is 12.2. The maximum absolute atomic E-state index is 12.2. The van der Waals surface area contributed by atoms with Crippen LogP contribution in [0.3, 0.4) is 0 Å². The Kier molecular flexibility index (Phi) is 11.4. The van der Waals surface area contributed by atoms with Crippen molar-refractivity contribution in [1.82, 2.24) is 16.0 Å². The smallest absolute Gasteiger partial charge is 0.322 e. The molecule has 0 aliphatic rings. The first-order valence-electron chi connectivity index (χ1n) is 8.57. The summed E-state index contributed by atoms with van der Waals surface area (Å²) in [5.74, 6) is -5.28. The second-order valence-corrected chi connectivity index (χ2v) is 6.06. The van der Waals surface area contributed by atoms with Gasteiger partial charge >= 0.3 is 11.9 Å². The Morgan fingerprint density at radius 1 is 0.966 bits per heavy atom. The van der Waals surface area contributed by atoms with Crippen molar-refractivity contribution >= 4 is 35.6 Å². The molecule has 0 aromatic carbocycles. The largest absolute Gasteiger partial charge is 0.481 e. The summed E-state index contributed by atoms with van der Waals surface area (Å²) in [6.07, 6.45) is -0.101. The second kappa shape index (κ2) is 12.9. The van der Waals surface area contributed by atoms with E-state index in [9.17, 15) is 24.0 Å². The molecule has 0 aromatic rings. The molecule has 14 heteroatoms. The zero-order valence-electron chi connectivity index (χ0n) is 15.9. The van der Waals surface area contributed by atoms with Crippen LogP contribution >= 0.6 is 0 Å². The lowest BCUT2D eigenvalue weighted by Crippen LogP contribution is -2.55. The summed E-state index contributed by atoms with van der Waals surface area (Å²) in [4.78, 5) is 61.2. The number of hydrogen-bond donors (Lipinski definition) is 8. The van der Waals surface area contributed by atoms with E-state index in [1.165, 1.54) is 6.92 Å². The highest BCUT2D eigenvalue weighted by atomic mass is 16.4. The van der Waals surface area contributed by atoms with Gasteiger partial charge in [0.25, 0.3) is 0 Å². The Morgan fingerprint density at radius 3 is 2.10 bits per heavy atom. The van der Waals surface area contributed by atoms with Gasteiger partial charge in [-0.15, -0.1) is 0 Å². The minimum atomic E-state index is -1.52. The number of aliphatic carboxylic acids is 2. The molecule has 14 nitrogen and oxygen atoms in total. The van der Waals surface area contributed by atoms with Gasteiger partial charge in [-0.3, -0.25) is 29.0 Å². The van der Waals surface area contributed by atoms with Crippen molar-refractivity contribution in [1.29, 1.82) is 0 Å². The molecular formula is C15H27N7O7. The van der Waals surface area contributed by atoms with Crippen LogP contribution in [-0.2, 0) is 24.0 Å². The first kappa shape index (κ1) is 25.6. The zero-order chi connectivity index (χ0) is 22.6. The molecule has 0 fully saturated rings. The summed E-state index contributed by atoms with van der Waals surface area (Å²) >= 11 is 0. The molecule has 29 heavy (non-hydrogen) atoms. The number of carbonyl (C=O) groups excluding carboxylic acids is 3. The van der Waals surface area contributed by atoms with Crippen molar-refractivity contribution in [2.45, 2.75) is 44.3 Å². The van der Waals surface area contributed by atoms with Gasteiger partial charge in [0.2, 0.25) is 17.7 Å². The molecule has 3 amide bonds. The third-order valence-electron chi connectivity index (χ3n) is 3.48. The number of nitrogens with two attached hydrogens (primary N) is 3. The molecule has 11 N–H and O–H groups in total. The Balaban J connectivity index is 4.69. The summed E-state index contributed by atoms with van der Waals surface area (Å²) in [7, 11) is 0. The van der Waals surface area contributed by atoms with E-state index in [-0.39, 0.29) is 18.9 Å². The topological polar surface area (TPSA) is 252 Å². The fraction of sp³-hybridized carbons (Fsp3) is 0.600. The standard InChI is InChI=1S/C15H27N7O7/c1-7(21-13(28)8(16)3-2-4-19-15(17)18)12(27)22-9(5-10(23)24)14(29)20-6-11(25)26/h7-9H,2-6,16H2,1H3,(H,20,29)(H,21,28)(H,22,27)(H,23,24)(H,25,26)(H4,17,18,19)/t7-,8-,9-/m0/s1. The number of carboxylic acids is 2. The number of nitrogens with one attached hydrogen (secondary N) is 3. The Labute approximate surface area is 166 Å². The van der Waals surface area contributed by atoms with Gasteiger partial charge in [-0.2, -0.15) is 0 Å². The fourth-order valence-electron chi connectivity index (χ4n) is 2.00. The molecule has 164 valence electrons. The van der Waals surface area contributed by atoms with E-state index >= 15 is 0 Å². The molecule has 0 bridgehead atoms. The molecular weight excluding hydrogens is 390 g/mol. The summed E-state index contributed by atoms with van der Waals surface area (Å²) in [5.41, 5.74) is 16.1. The van der Waals surface area contributed by atoms with Crippen LogP contribution in [0.4, 0.5) is 0 Å². The van der Waals surface area contributed by atoms with Crippen molar-refractivity contribution in [3.8, 4) is 0 Å². The van der Waals surface area contributed by atoms with Crippen LogP contribution in [0.25, 0.3) is 0 Å². The minimum Gasteiger partial charge on any atom is -0.481 e. The summed E-state index contributed by atoms with van der Waals surface area (Å²) < 4.78 is 0.